The Morgan fingerprint density at radius 3 is 2.80 bits per heavy atom. The van der Waals surface area contributed by atoms with Gasteiger partial charge in [0.05, 0.1) is 19.6 Å². The molecule has 0 aromatic carbocycles. The molecule has 7 nitrogen and oxygen atoms in total. The van der Waals surface area contributed by atoms with Gasteiger partial charge in [0.2, 0.25) is 0 Å². The van der Waals surface area contributed by atoms with Crippen LogP contribution in [0, 0.1) is 5.92 Å². The van der Waals surface area contributed by atoms with Crippen molar-refractivity contribution in [1.82, 2.24) is 15.3 Å². The quantitative estimate of drug-likeness (QED) is 0.551. The highest BCUT2D eigenvalue weighted by Gasteiger charge is 2.16. The number of nitrogens with one attached hydrogen (secondary N) is 2. The molecule has 0 bridgehead atoms. The molecular weight excluding hydrogens is 260 g/mol. The first-order valence-electron chi connectivity index (χ1n) is 6.25. The van der Waals surface area contributed by atoms with Crippen LogP contribution >= 0.6 is 0 Å². The maximum absolute atomic E-state index is 11.7. The summed E-state index contributed by atoms with van der Waals surface area (Å²) in [6, 6.07) is 5.34. The number of anilines is 1. The van der Waals surface area contributed by atoms with E-state index >= 15 is 0 Å². The number of hydrogen-bond acceptors (Lipinski definition) is 6. The van der Waals surface area contributed by atoms with E-state index in [9.17, 15) is 9.59 Å². The van der Waals surface area contributed by atoms with Crippen LogP contribution < -0.4 is 10.9 Å². The molecule has 0 aliphatic rings. The lowest BCUT2D eigenvalue weighted by Crippen LogP contribution is -2.40. The minimum atomic E-state index is -0.288. The maximum Gasteiger partial charge on any atom is 0.309 e. The first-order chi connectivity index (χ1) is 9.52. The summed E-state index contributed by atoms with van der Waals surface area (Å²) in [5.74, 6) is -0.216. The molecule has 1 rings (SSSR count). The van der Waals surface area contributed by atoms with Gasteiger partial charge in [0.25, 0.3) is 5.91 Å². The molecule has 1 aromatic heterocycles. The molecule has 1 atom stereocenters. The van der Waals surface area contributed by atoms with E-state index in [1.54, 1.807) is 37.2 Å². The largest absolute Gasteiger partial charge is 0.469 e. The van der Waals surface area contributed by atoms with Gasteiger partial charge in [-0.25, -0.2) is 4.98 Å². The second-order valence-corrected chi connectivity index (χ2v) is 4.51. The van der Waals surface area contributed by atoms with Crippen molar-refractivity contribution in [2.24, 2.45) is 5.92 Å². The standard InChI is InChI=1S/C13H20N4O3/c1-10(13(19)20-3)8-17(2)9-12(18)16-15-11-6-4-5-7-14-11/h4-7,10H,8-9H2,1-3H3,(H,14,15)(H,16,18). The first kappa shape index (κ1) is 15.9. The third-order valence-electron chi connectivity index (χ3n) is 2.60. The van der Waals surface area contributed by atoms with Crippen LogP contribution in [0.5, 0.6) is 0 Å². The van der Waals surface area contributed by atoms with Gasteiger partial charge in [-0.05, 0) is 19.2 Å². The van der Waals surface area contributed by atoms with Crippen LogP contribution in [0.25, 0.3) is 0 Å². The van der Waals surface area contributed by atoms with Gasteiger partial charge in [-0.3, -0.25) is 25.3 Å². The number of likely N-dealkylation sites (N-methyl/N-ethyl adjacent to an activating group) is 1. The number of rotatable bonds is 7. The molecule has 0 saturated carbocycles. The van der Waals surface area contributed by atoms with Gasteiger partial charge in [-0.15, -0.1) is 0 Å². The number of carbonyl (C=O) groups excluding carboxylic acids is 2. The lowest BCUT2D eigenvalue weighted by atomic mass is 10.2. The normalized spacial score (nSPS) is 11.8. The zero-order valence-electron chi connectivity index (χ0n) is 11.9. The summed E-state index contributed by atoms with van der Waals surface area (Å²) in [4.78, 5) is 28.7. The van der Waals surface area contributed by atoms with E-state index in [-0.39, 0.29) is 24.3 Å². The summed E-state index contributed by atoms with van der Waals surface area (Å²) in [7, 11) is 3.11. The Kier molecular flexibility index (Phi) is 6.45. The van der Waals surface area contributed by atoms with E-state index in [0.29, 0.717) is 12.4 Å². The maximum atomic E-state index is 11.7. The molecular formula is C13H20N4O3. The Morgan fingerprint density at radius 1 is 1.45 bits per heavy atom. The Balaban J connectivity index is 2.29. The molecule has 0 radical (unpaired) electrons. The van der Waals surface area contributed by atoms with Crippen molar-refractivity contribution in [2.75, 3.05) is 32.7 Å². The van der Waals surface area contributed by atoms with Gasteiger partial charge < -0.3 is 4.74 Å². The van der Waals surface area contributed by atoms with Crippen LogP contribution in [0.2, 0.25) is 0 Å². The van der Waals surface area contributed by atoms with Crippen molar-refractivity contribution < 1.29 is 14.3 Å². The minimum absolute atomic E-state index is 0.168. The monoisotopic (exact) mass is 280 g/mol. The third-order valence-corrected chi connectivity index (χ3v) is 2.60. The van der Waals surface area contributed by atoms with E-state index in [0.717, 1.165) is 0 Å². The molecule has 1 unspecified atom stereocenters. The molecule has 0 aliphatic carbocycles. The lowest BCUT2D eigenvalue weighted by molar-refractivity contribution is -0.145. The Hall–Kier alpha value is -2.15. The van der Waals surface area contributed by atoms with Crippen LogP contribution in [0.4, 0.5) is 5.82 Å². The van der Waals surface area contributed by atoms with E-state index in [1.165, 1.54) is 7.11 Å². The van der Waals surface area contributed by atoms with Crippen LogP contribution in [0.3, 0.4) is 0 Å². The molecule has 7 heteroatoms. The molecule has 1 aromatic rings. The fourth-order valence-electron chi connectivity index (χ4n) is 1.66. The van der Waals surface area contributed by atoms with Crippen LogP contribution in [0.1, 0.15) is 6.92 Å². The van der Waals surface area contributed by atoms with Gasteiger partial charge in [-0.2, -0.15) is 0 Å². The molecule has 20 heavy (non-hydrogen) atoms. The predicted octanol–water partition coefficient (Wildman–Crippen LogP) is 0.266. The lowest BCUT2D eigenvalue weighted by Gasteiger charge is -2.19. The smallest absolute Gasteiger partial charge is 0.309 e. The zero-order valence-corrected chi connectivity index (χ0v) is 11.9. The van der Waals surface area contributed by atoms with Gasteiger partial charge in [0.1, 0.15) is 5.82 Å². The van der Waals surface area contributed by atoms with Gasteiger partial charge in [0.15, 0.2) is 0 Å². The van der Waals surface area contributed by atoms with E-state index in [4.69, 9.17) is 0 Å². The van der Waals surface area contributed by atoms with Gasteiger partial charge in [0, 0.05) is 12.7 Å². The average molecular weight is 280 g/mol. The van der Waals surface area contributed by atoms with E-state index in [2.05, 4.69) is 20.6 Å². The summed E-state index contributed by atoms with van der Waals surface area (Å²) in [5, 5.41) is 0. The number of methoxy groups -OCH3 is 1. The number of hydrogen-bond donors (Lipinski definition) is 2. The molecule has 2 N–H and O–H groups in total. The van der Waals surface area contributed by atoms with Crippen LogP contribution in [-0.4, -0.2) is 49.0 Å². The number of nitrogens with zero attached hydrogens (tertiary/aromatic N) is 2. The molecule has 110 valence electrons. The summed E-state index contributed by atoms with van der Waals surface area (Å²) >= 11 is 0. The molecule has 0 fully saturated rings. The van der Waals surface area contributed by atoms with Crippen molar-refractivity contribution in [1.29, 1.82) is 0 Å². The number of pyridine rings is 1. The van der Waals surface area contributed by atoms with E-state index in [1.807, 2.05) is 6.07 Å². The number of esters is 1. The SMILES string of the molecule is COC(=O)C(C)CN(C)CC(=O)NNc1ccccn1. The highest BCUT2D eigenvalue weighted by molar-refractivity contribution is 5.79. The number of carbonyl (C=O) groups is 2. The summed E-state index contributed by atoms with van der Waals surface area (Å²) in [6.07, 6.45) is 1.62. The first-order valence-corrected chi connectivity index (χ1v) is 6.25. The fraction of sp³-hybridized carbons (Fsp3) is 0.462. The van der Waals surface area contributed by atoms with Crippen molar-refractivity contribution in [3.8, 4) is 0 Å². The van der Waals surface area contributed by atoms with Crippen LogP contribution in [0.15, 0.2) is 24.4 Å². The van der Waals surface area contributed by atoms with Gasteiger partial charge in [-0.1, -0.05) is 13.0 Å². The summed E-state index contributed by atoms with van der Waals surface area (Å²) in [6.45, 7) is 2.37. The Bertz CT molecular complexity index is 439. The molecule has 0 saturated heterocycles. The predicted molar refractivity (Wildman–Crippen MR) is 74.7 cm³/mol. The zero-order chi connectivity index (χ0) is 15.0. The highest BCUT2D eigenvalue weighted by Crippen LogP contribution is 2.00. The molecule has 0 spiro atoms. The van der Waals surface area contributed by atoms with Crippen molar-refractivity contribution in [3.63, 3.8) is 0 Å². The highest BCUT2D eigenvalue weighted by atomic mass is 16.5. The summed E-state index contributed by atoms with van der Waals surface area (Å²) in [5.41, 5.74) is 5.25. The second-order valence-electron chi connectivity index (χ2n) is 4.51. The number of amides is 1. The van der Waals surface area contributed by atoms with Gasteiger partial charge >= 0.3 is 5.97 Å². The fourth-order valence-corrected chi connectivity index (χ4v) is 1.66. The van der Waals surface area contributed by atoms with Crippen molar-refractivity contribution >= 4 is 17.7 Å². The minimum Gasteiger partial charge on any atom is -0.469 e. The number of aromatic nitrogens is 1. The number of ether oxygens (including phenoxy) is 1. The number of hydrazine groups is 1. The third kappa shape index (κ3) is 5.66. The molecule has 0 aliphatic heterocycles. The second kappa shape index (κ2) is 8.11. The Morgan fingerprint density at radius 2 is 2.20 bits per heavy atom. The van der Waals surface area contributed by atoms with Crippen LogP contribution in [-0.2, 0) is 14.3 Å². The average Bonchev–Trinajstić information content (AvgIpc) is 2.45. The topological polar surface area (TPSA) is 83.6 Å². The van der Waals surface area contributed by atoms with E-state index < -0.39 is 0 Å². The molecule has 1 amide bonds. The van der Waals surface area contributed by atoms with Crippen molar-refractivity contribution in [3.05, 3.63) is 24.4 Å². The Labute approximate surface area is 118 Å². The van der Waals surface area contributed by atoms with Crippen molar-refractivity contribution in [2.45, 2.75) is 6.92 Å². The summed E-state index contributed by atoms with van der Waals surface area (Å²) < 4.78 is 4.64. The molecule has 1 heterocycles.